The number of morpholine rings is 1. The van der Waals surface area contributed by atoms with Crippen LogP contribution in [0.1, 0.15) is 12.8 Å². The Morgan fingerprint density at radius 1 is 1.21 bits per heavy atom. The molecular weight excluding hydrogens is 256 g/mol. The summed E-state index contributed by atoms with van der Waals surface area (Å²) in [7, 11) is 0. The van der Waals surface area contributed by atoms with Crippen LogP contribution in [0.4, 0.5) is 11.4 Å². The van der Waals surface area contributed by atoms with Gasteiger partial charge in [-0.15, -0.1) is 0 Å². The van der Waals surface area contributed by atoms with Crippen LogP contribution in [-0.4, -0.2) is 43.9 Å². The highest BCUT2D eigenvalue weighted by Crippen LogP contribution is 2.29. The molecule has 1 N–H and O–H groups in total. The van der Waals surface area contributed by atoms with Gasteiger partial charge in [0.05, 0.1) is 24.6 Å². The number of nitrogens with zero attached hydrogens (tertiary/aromatic N) is 1. The van der Waals surface area contributed by atoms with E-state index in [1.54, 1.807) is 0 Å². The van der Waals surface area contributed by atoms with E-state index in [9.17, 15) is 0 Å². The quantitative estimate of drug-likeness (QED) is 0.919. The number of ether oxygens (including phenoxy) is 1. The molecule has 19 heavy (non-hydrogen) atoms. The molecule has 2 aliphatic heterocycles. The molecule has 3 rings (SSSR count). The third-order valence-electron chi connectivity index (χ3n) is 3.78. The number of thioether (sulfide) groups is 1. The second kappa shape index (κ2) is 6.53. The number of hydrogen-bond acceptors (Lipinski definition) is 4. The first kappa shape index (κ1) is 13.1. The standard InChI is InChI=1S/C15H22N2OS/c1-2-6-15(17-7-9-18-10-8-17)14(5-1)16-13-4-3-11-19-12-13/h1-2,5-6,13,16H,3-4,7-12H2. The van der Waals surface area contributed by atoms with Crippen molar-refractivity contribution in [2.24, 2.45) is 0 Å². The minimum atomic E-state index is 0.626. The van der Waals surface area contributed by atoms with Crippen LogP contribution in [0.25, 0.3) is 0 Å². The molecule has 2 aliphatic rings. The van der Waals surface area contributed by atoms with E-state index in [0.717, 1.165) is 26.3 Å². The van der Waals surface area contributed by atoms with Crippen molar-refractivity contribution in [3.8, 4) is 0 Å². The zero-order chi connectivity index (χ0) is 12.9. The molecule has 1 unspecified atom stereocenters. The lowest BCUT2D eigenvalue weighted by Crippen LogP contribution is -2.37. The Morgan fingerprint density at radius 3 is 2.84 bits per heavy atom. The van der Waals surface area contributed by atoms with Gasteiger partial charge in [0, 0.05) is 24.9 Å². The maximum absolute atomic E-state index is 5.45. The van der Waals surface area contributed by atoms with E-state index in [2.05, 4.69) is 46.2 Å². The van der Waals surface area contributed by atoms with E-state index < -0.39 is 0 Å². The first-order valence-corrected chi connectivity index (χ1v) is 8.35. The number of hydrogen-bond donors (Lipinski definition) is 1. The van der Waals surface area contributed by atoms with Crippen molar-refractivity contribution in [1.82, 2.24) is 0 Å². The molecule has 2 saturated heterocycles. The Kier molecular flexibility index (Phi) is 4.51. The zero-order valence-corrected chi connectivity index (χ0v) is 12.1. The lowest BCUT2D eigenvalue weighted by atomic mass is 10.1. The molecule has 0 saturated carbocycles. The second-order valence-electron chi connectivity index (χ2n) is 5.17. The lowest BCUT2D eigenvalue weighted by Gasteiger charge is -2.32. The topological polar surface area (TPSA) is 24.5 Å². The van der Waals surface area contributed by atoms with Crippen molar-refractivity contribution in [3.05, 3.63) is 24.3 Å². The molecule has 0 spiro atoms. The summed E-state index contributed by atoms with van der Waals surface area (Å²) >= 11 is 2.07. The SMILES string of the molecule is c1ccc(N2CCOCC2)c(NC2CCCSC2)c1. The maximum Gasteiger partial charge on any atom is 0.0642 e. The average molecular weight is 278 g/mol. The van der Waals surface area contributed by atoms with Crippen LogP contribution in [0.5, 0.6) is 0 Å². The fraction of sp³-hybridized carbons (Fsp3) is 0.600. The first-order chi connectivity index (χ1) is 9.43. The van der Waals surface area contributed by atoms with Crippen molar-refractivity contribution in [3.63, 3.8) is 0 Å². The Hall–Kier alpha value is -0.870. The second-order valence-corrected chi connectivity index (χ2v) is 6.32. The number of benzene rings is 1. The highest BCUT2D eigenvalue weighted by atomic mass is 32.2. The van der Waals surface area contributed by atoms with Crippen LogP contribution >= 0.6 is 11.8 Å². The summed E-state index contributed by atoms with van der Waals surface area (Å²) in [5.74, 6) is 2.56. The van der Waals surface area contributed by atoms with E-state index in [1.165, 1.54) is 35.7 Å². The summed E-state index contributed by atoms with van der Waals surface area (Å²) in [5, 5.41) is 3.74. The Morgan fingerprint density at radius 2 is 2.05 bits per heavy atom. The van der Waals surface area contributed by atoms with Gasteiger partial charge < -0.3 is 15.0 Å². The van der Waals surface area contributed by atoms with E-state index in [1.807, 2.05) is 0 Å². The lowest BCUT2D eigenvalue weighted by molar-refractivity contribution is 0.123. The minimum Gasteiger partial charge on any atom is -0.380 e. The monoisotopic (exact) mass is 278 g/mol. The van der Waals surface area contributed by atoms with Gasteiger partial charge in [-0.1, -0.05) is 12.1 Å². The van der Waals surface area contributed by atoms with Gasteiger partial charge in [0.1, 0.15) is 0 Å². The third kappa shape index (κ3) is 3.37. The van der Waals surface area contributed by atoms with Crippen LogP contribution in [-0.2, 0) is 4.74 Å². The summed E-state index contributed by atoms with van der Waals surface area (Å²) in [6, 6.07) is 9.32. The number of nitrogens with one attached hydrogen (secondary N) is 1. The van der Waals surface area contributed by atoms with Crippen molar-refractivity contribution < 1.29 is 4.74 Å². The average Bonchev–Trinajstić information content (AvgIpc) is 2.50. The van der Waals surface area contributed by atoms with Gasteiger partial charge in [-0.25, -0.2) is 0 Å². The van der Waals surface area contributed by atoms with Gasteiger partial charge in [0.2, 0.25) is 0 Å². The van der Waals surface area contributed by atoms with Crippen molar-refractivity contribution >= 4 is 23.1 Å². The third-order valence-corrected chi connectivity index (χ3v) is 4.99. The number of anilines is 2. The summed E-state index contributed by atoms with van der Waals surface area (Å²) in [6.07, 6.45) is 2.63. The highest BCUT2D eigenvalue weighted by Gasteiger charge is 2.18. The first-order valence-electron chi connectivity index (χ1n) is 7.19. The Labute approximate surface area is 119 Å². The summed E-state index contributed by atoms with van der Waals surface area (Å²) < 4.78 is 5.45. The molecule has 0 aromatic heterocycles. The molecule has 2 heterocycles. The molecule has 1 aromatic rings. The largest absolute Gasteiger partial charge is 0.380 e. The highest BCUT2D eigenvalue weighted by molar-refractivity contribution is 7.99. The molecule has 2 fully saturated rings. The fourth-order valence-electron chi connectivity index (χ4n) is 2.75. The van der Waals surface area contributed by atoms with E-state index in [0.29, 0.717) is 6.04 Å². The maximum atomic E-state index is 5.45. The van der Waals surface area contributed by atoms with Crippen LogP contribution in [0, 0.1) is 0 Å². The fourth-order valence-corrected chi connectivity index (χ4v) is 3.82. The van der Waals surface area contributed by atoms with Crippen molar-refractivity contribution in [1.29, 1.82) is 0 Å². The van der Waals surface area contributed by atoms with Gasteiger partial charge >= 0.3 is 0 Å². The number of rotatable bonds is 3. The predicted octanol–water partition coefficient (Wildman–Crippen LogP) is 2.83. The normalized spacial score (nSPS) is 24.2. The van der Waals surface area contributed by atoms with Gasteiger partial charge in [-0.05, 0) is 30.7 Å². The smallest absolute Gasteiger partial charge is 0.0642 e. The molecule has 1 atom stereocenters. The Balaban J connectivity index is 1.72. The van der Waals surface area contributed by atoms with Crippen LogP contribution < -0.4 is 10.2 Å². The molecule has 4 heteroatoms. The van der Waals surface area contributed by atoms with Crippen LogP contribution in [0.3, 0.4) is 0 Å². The summed E-state index contributed by atoms with van der Waals surface area (Å²) in [6.45, 7) is 3.68. The zero-order valence-electron chi connectivity index (χ0n) is 11.3. The molecule has 0 radical (unpaired) electrons. The van der Waals surface area contributed by atoms with Crippen molar-refractivity contribution in [2.45, 2.75) is 18.9 Å². The molecule has 104 valence electrons. The summed E-state index contributed by atoms with van der Waals surface area (Å²) in [5.41, 5.74) is 2.62. The van der Waals surface area contributed by atoms with E-state index in [-0.39, 0.29) is 0 Å². The van der Waals surface area contributed by atoms with E-state index in [4.69, 9.17) is 4.74 Å². The van der Waals surface area contributed by atoms with Gasteiger partial charge in [-0.2, -0.15) is 11.8 Å². The summed E-state index contributed by atoms with van der Waals surface area (Å²) in [4.78, 5) is 2.43. The van der Waals surface area contributed by atoms with Gasteiger partial charge in [0.15, 0.2) is 0 Å². The van der Waals surface area contributed by atoms with Gasteiger partial charge in [-0.3, -0.25) is 0 Å². The van der Waals surface area contributed by atoms with Gasteiger partial charge in [0.25, 0.3) is 0 Å². The molecular formula is C15H22N2OS. The minimum absolute atomic E-state index is 0.626. The predicted molar refractivity (Wildman–Crippen MR) is 83.4 cm³/mol. The van der Waals surface area contributed by atoms with Crippen molar-refractivity contribution in [2.75, 3.05) is 48.0 Å². The molecule has 0 amide bonds. The molecule has 1 aromatic carbocycles. The number of para-hydroxylation sites is 2. The van der Waals surface area contributed by atoms with Crippen LogP contribution in [0.15, 0.2) is 24.3 Å². The molecule has 0 aliphatic carbocycles. The molecule has 0 bridgehead atoms. The Bertz CT molecular complexity index is 401. The van der Waals surface area contributed by atoms with E-state index >= 15 is 0 Å². The molecule has 3 nitrogen and oxygen atoms in total. The van der Waals surface area contributed by atoms with Crippen LogP contribution in [0.2, 0.25) is 0 Å².